The average Bonchev–Trinajstić information content (AvgIpc) is 2.74. The minimum Gasteiger partial charge on any atom is -0.507 e. The number of carbonyl (C=O) groups excluding carboxylic acids is 1. The van der Waals surface area contributed by atoms with Crippen molar-refractivity contribution in [2.45, 2.75) is 26.4 Å². The van der Waals surface area contributed by atoms with Crippen molar-refractivity contribution in [3.63, 3.8) is 0 Å². The summed E-state index contributed by atoms with van der Waals surface area (Å²) in [4.78, 5) is 12.4. The Balaban J connectivity index is 2.56. The Kier molecular flexibility index (Phi) is 8.46. The quantitative estimate of drug-likeness (QED) is 0.223. The largest absolute Gasteiger partial charge is 0.507 e. The minimum absolute atomic E-state index is 0.125. The van der Waals surface area contributed by atoms with E-state index < -0.39 is 24.4 Å². The van der Waals surface area contributed by atoms with Gasteiger partial charge in [0, 0.05) is 5.56 Å². The number of methoxy groups -OCH3 is 1. The highest BCUT2D eigenvalue weighted by molar-refractivity contribution is 5.98. The molecular weight excluding hydrogens is 428 g/mol. The van der Waals surface area contributed by atoms with E-state index in [-0.39, 0.29) is 35.7 Å². The van der Waals surface area contributed by atoms with Gasteiger partial charge in [-0.1, -0.05) is 35.9 Å². The molecule has 0 atom stereocenters. The number of esters is 1. The number of halogens is 4. The van der Waals surface area contributed by atoms with Crippen molar-refractivity contribution < 1.29 is 36.9 Å². The van der Waals surface area contributed by atoms with Crippen LogP contribution >= 0.6 is 0 Å². The molecule has 0 aliphatic carbocycles. The smallest absolute Gasteiger partial charge is 0.416 e. The lowest BCUT2D eigenvalue weighted by Crippen LogP contribution is -2.09. The van der Waals surface area contributed by atoms with Crippen LogP contribution in [0, 0.1) is 0 Å². The second kappa shape index (κ2) is 10.8. The second-order valence-corrected chi connectivity index (χ2v) is 7.13. The van der Waals surface area contributed by atoms with Crippen LogP contribution in [-0.2, 0) is 17.3 Å². The summed E-state index contributed by atoms with van der Waals surface area (Å²) in [6.45, 7) is 2.72. The first-order valence-corrected chi connectivity index (χ1v) is 9.73. The fourth-order valence-corrected chi connectivity index (χ4v) is 2.90. The topological polar surface area (TPSA) is 55.8 Å². The zero-order valence-electron chi connectivity index (χ0n) is 17.9. The fraction of sp³-hybridized carbons (Fsp3) is 0.292. The molecule has 2 rings (SSSR count). The Morgan fingerprint density at radius 2 is 1.78 bits per heavy atom. The van der Waals surface area contributed by atoms with Gasteiger partial charge in [-0.2, -0.15) is 13.2 Å². The summed E-state index contributed by atoms with van der Waals surface area (Å²) >= 11 is 0. The van der Waals surface area contributed by atoms with Crippen LogP contribution in [0.5, 0.6) is 11.5 Å². The third-order valence-corrected chi connectivity index (χ3v) is 4.53. The van der Waals surface area contributed by atoms with Gasteiger partial charge >= 0.3 is 12.1 Å². The van der Waals surface area contributed by atoms with E-state index in [0.717, 1.165) is 24.8 Å². The van der Waals surface area contributed by atoms with Crippen LogP contribution in [0.4, 0.5) is 17.6 Å². The van der Waals surface area contributed by atoms with E-state index in [0.29, 0.717) is 11.1 Å². The van der Waals surface area contributed by atoms with Crippen molar-refractivity contribution in [1.82, 2.24) is 0 Å². The highest BCUT2D eigenvalue weighted by atomic mass is 19.4. The minimum atomic E-state index is -4.45. The molecule has 172 valence electrons. The molecule has 0 saturated carbocycles. The van der Waals surface area contributed by atoms with Crippen LogP contribution in [0.3, 0.4) is 0 Å². The van der Waals surface area contributed by atoms with Crippen LogP contribution in [0.25, 0.3) is 12.2 Å². The molecule has 0 aliphatic rings. The summed E-state index contributed by atoms with van der Waals surface area (Å²) in [5, 5.41) is 10.8. The highest BCUT2D eigenvalue weighted by Crippen LogP contribution is 2.37. The lowest BCUT2D eigenvalue weighted by molar-refractivity contribution is -0.137. The molecule has 0 heterocycles. The Bertz CT molecular complexity index is 1000. The lowest BCUT2D eigenvalue weighted by Gasteiger charge is -2.16. The van der Waals surface area contributed by atoms with E-state index in [1.54, 1.807) is 0 Å². The summed E-state index contributed by atoms with van der Waals surface area (Å²) in [6.07, 6.45) is 0.534. The van der Waals surface area contributed by atoms with Crippen LogP contribution < -0.4 is 4.74 Å². The highest BCUT2D eigenvalue weighted by Gasteiger charge is 2.29. The molecule has 0 aliphatic heterocycles. The SMILES string of the molecule is COC(=O)c1c(/C=C/c2ccc(C(F)(F)F)cc2)cc(OCCF)c(CC=C(C)C)c1O. The van der Waals surface area contributed by atoms with Gasteiger partial charge in [0.1, 0.15) is 30.3 Å². The van der Waals surface area contributed by atoms with Gasteiger partial charge in [-0.25, -0.2) is 9.18 Å². The van der Waals surface area contributed by atoms with Crippen LogP contribution in [0.1, 0.15) is 46.5 Å². The third kappa shape index (κ3) is 6.35. The molecule has 1 N–H and O–H groups in total. The Morgan fingerprint density at radius 3 is 2.31 bits per heavy atom. The summed E-state index contributed by atoms with van der Waals surface area (Å²) in [7, 11) is 1.16. The number of aromatic hydroxyl groups is 1. The standard InChI is InChI=1S/C24H24F4O4/c1-15(2)4-11-19-20(32-13-12-25)14-17(21(22(19)29)23(30)31-3)8-5-16-6-9-18(10-7-16)24(26,27)28/h4-10,14,29H,11-13H2,1-3H3/b8-5+. The number of hydrogen-bond donors (Lipinski definition) is 1. The molecule has 0 amide bonds. The number of ether oxygens (including phenoxy) is 2. The summed E-state index contributed by atoms with van der Waals surface area (Å²) < 4.78 is 61.2. The van der Waals surface area contributed by atoms with Crippen molar-refractivity contribution in [3.8, 4) is 11.5 Å². The number of alkyl halides is 4. The molecule has 0 saturated heterocycles. The molecule has 4 nitrogen and oxygen atoms in total. The number of hydrogen-bond acceptors (Lipinski definition) is 4. The monoisotopic (exact) mass is 452 g/mol. The maximum atomic E-state index is 12.8. The predicted octanol–water partition coefficient (Wildman–Crippen LogP) is 6.23. The molecule has 2 aromatic rings. The van der Waals surface area contributed by atoms with Gasteiger partial charge in [0.15, 0.2) is 0 Å². The van der Waals surface area contributed by atoms with Crippen molar-refractivity contribution >= 4 is 18.1 Å². The van der Waals surface area contributed by atoms with Crippen LogP contribution in [0.15, 0.2) is 42.0 Å². The number of benzene rings is 2. The van der Waals surface area contributed by atoms with Crippen molar-refractivity contribution in [2.75, 3.05) is 20.4 Å². The van der Waals surface area contributed by atoms with E-state index in [1.807, 2.05) is 19.9 Å². The zero-order valence-corrected chi connectivity index (χ0v) is 17.9. The first kappa shape index (κ1) is 25.0. The number of rotatable bonds is 8. The molecule has 0 bridgehead atoms. The number of allylic oxidation sites excluding steroid dienone is 2. The summed E-state index contributed by atoms with van der Waals surface area (Å²) in [5.74, 6) is -0.972. The van der Waals surface area contributed by atoms with Gasteiger partial charge in [-0.05, 0) is 49.6 Å². The summed E-state index contributed by atoms with van der Waals surface area (Å²) in [5.41, 5.74) is 1.00. The molecule has 0 spiro atoms. The van der Waals surface area contributed by atoms with E-state index in [9.17, 15) is 27.5 Å². The van der Waals surface area contributed by atoms with E-state index in [4.69, 9.17) is 9.47 Å². The van der Waals surface area contributed by atoms with Gasteiger partial charge < -0.3 is 14.6 Å². The first-order valence-electron chi connectivity index (χ1n) is 9.73. The molecule has 8 heteroatoms. The fourth-order valence-electron chi connectivity index (χ4n) is 2.90. The van der Waals surface area contributed by atoms with Gasteiger partial charge in [-0.3, -0.25) is 0 Å². The van der Waals surface area contributed by atoms with E-state index >= 15 is 0 Å². The maximum absolute atomic E-state index is 12.8. The van der Waals surface area contributed by atoms with E-state index in [1.165, 1.54) is 30.4 Å². The van der Waals surface area contributed by atoms with Crippen LogP contribution in [-0.4, -0.2) is 31.5 Å². The van der Waals surface area contributed by atoms with Crippen molar-refractivity contribution in [2.24, 2.45) is 0 Å². The Labute approximate surface area is 183 Å². The van der Waals surface area contributed by atoms with Gasteiger partial charge in [0.05, 0.1) is 12.7 Å². The number of phenols is 1. The Hall–Kier alpha value is -3.29. The van der Waals surface area contributed by atoms with E-state index in [2.05, 4.69) is 0 Å². The molecule has 2 aromatic carbocycles. The molecule has 0 unspecified atom stereocenters. The molecular formula is C24H24F4O4. The van der Waals surface area contributed by atoms with Gasteiger partial charge in [-0.15, -0.1) is 0 Å². The second-order valence-electron chi connectivity index (χ2n) is 7.13. The molecule has 0 aromatic heterocycles. The number of phenolic OH excluding ortho intramolecular Hbond substituents is 1. The molecule has 0 radical (unpaired) electrons. The van der Waals surface area contributed by atoms with Gasteiger partial charge in [0.25, 0.3) is 0 Å². The molecule has 0 fully saturated rings. The zero-order chi connectivity index (χ0) is 23.9. The predicted molar refractivity (Wildman–Crippen MR) is 114 cm³/mol. The van der Waals surface area contributed by atoms with Crippen LogP contribution in [0.2, 0.25) is 0 Å². The van der Waals surface area contributed by atoms with Crippen molar-refractivity contribution in [1.29, 1.82) is 0 Å². The van der Waals surface area contributed by atoms with Gasteiger partial charge in [0.2, 0.25) is 0 Å². The Morgan fingerprint density at radius 1 is 1.12 bits per heavy atom. The van der Waals surface area contributed by atoms with Crippen molar-refractivity contribution in [3.05, 3.63) is 69.8 Å². The summed E-state index contributed by atoms with van der Waals surface area (Å²) in [6, 6.07) is 5.91. The maximum Gasteiger partial charge on any atom is 0.416 e. The average molecular weight is 452 g/mol. The normalized spacial score (nSPS) is 11.5. The first-order chi connectivity index (χ1) is 15.1. The lowest BCUT2D eigenvalue weighted by atomic mass is 9.97. The third-order valence-electron chi connectivity index (χ3n) is 4.53. The molecule has 32 heavy (non-hydrogen) atoms. The number of carbonyl (C=O) groups is 1.